The Balaban J connectivity index is 2.45. The van der Waals surface area contributed by atoms with E-state index in [9.17, 15) is 5.11 Å². The van der Waals surface area contributed by atoms with Crippen LogP contribution in [0.15, 0.2) is 45.3 Å². The fourth-order valence-corrected chi connectivity index (χ4v) is 2.60. The maximum absolute atomic E-state index is 10.5. The Kier molecular flexibility index (Phi) is 4.90. The third-order valence-electron chi connectivity index (χ3n) is 2.75. The molecule has 19 heavy (non-hydrogen) atoms. The molecule has 0 radical (unpaired) electrons. The van der Waals surface area contributed by atoms with Crippen molar-refractivity contribution in [3.8, 4) is 5.75 Å². The van der Waals surface area contributed by atoms with E-state index < -0.39 is 6.10 Å². The fraction of sp³-hybridized carbons (Fsp3) is 0.143. The predicted molar refractivity (Wildman–Crippen MR) is 83.9 cm³/mol. The van der Waals surface area contributed by atoms with Gasteiger partial charge in [-0.05, 0) is 51.8 Å². The van der Waals surface area contributed by atoms with Gasteiger partial charge in [0.15, 0.2) is 0 Å². The molecule has 0 aliphatic heterocycles. The highest BCUT2D eigenvalue weighted by atomic mass is 79.9. The summed E-state index contributed by atoms with van der Waals surface area (Å²) < 4.78 is 6.95. The van der Waals surface area contributed by atoms with Crippen LogP contribution in [0.5, 0.6) is 5.75 Å². The van der Waals surface area contributed by atoms with Gasteiger partial charge in [0.1, 0.15) is 11.9 Å². The summed E-state index contributed by atoms with van der Waals surface area (Å²) in [7, 11) is 1.58. The standard InChI is InChI=1S/C14H11Br2ClO2/c1-19-13-5-3-9(15)7-10(13)14(18)8-2-4-11(16)12(17)6-8/h2-7,14,18H,1H3. The third kappa shape index (κ3) is 3.31. The molecule has 0 saturated carbocycles. The monoisotopic (exact) mass is 404 g/mol. The molecule has 100 valence electrons. The summed E-state index contributed by atoms with van der Waals surface area (Å²) >= 11 is 12.8. The molecule has 5 heteroatoms. The Morgan fingerprint density at radius 1 is 1.16 bits per heavy atom. The predicted octanol–water partition coefficient (Wildman–Crippen LogP) is 4.96. The van der Waals surface area contributed by atoms with Gasteiger partial charge < -0.3 is 9.84 Å². The van der Waals surface area contributed by atoms with E-state index in [0.717, 1.165) is 8.95 Å². The van der Waals surface area contributed by atoms with Crippen LogP contribution in [0, 0.1) is 0 Å². The summed E-state index contributed by atoms with van der Waals surface area (Å²) in [6.07, 6.45) is -0.793. The molecule has 2 nitrogen and oxygen atoms in total. The highest BCUT2D eigenvalue weighted by Crippen LogP contribution is 2.34. The second kappa shape index (κ2) is 6.27. The van der Waals surface area contributed by atoms with Gasteiger partial charge in [-0.2, -0.15) is 0 Å². The summed E-state index contributed by atoms with van der Waals surface area (Å²) in [6.45, 7) is 0. The molecule has 2 aromatic carbocycles. The molecule has 0 saturated heterocycles. The number of aliphatic hydroxyl groups excluding tert-OH is 1. The quantitative estimate of drug-likeness (QED) is 0.781. The lowest BCUT2D eigenvalue weighted by Gasteiger charge is -2.16. The molecule has 0 spiro atoms. The molecule has 0 bridgehead atoms. The van der Waals surface area contributed by atoms with E-state index in [0.29, 0.717) is 21.9 Å². The van der Waals surface area contributed by atoms with Crippen LogP contribution in [-0.4, -0.2) is 12.2 Å². The van der Waals surface area contributed by atoms with Crippen LogP contribution in [-0.2, 0) is 0 Å². The largest absolute Gasteiger partial charge is 0.496 e. The van der Waals surface area contributed by atoms with Crippen molar-refractivity contribution in [2.45, 2.75) is 6.10 Å². The lowest BCUT2D eigenvalue weighted by Crippen LogP contribution is -2.02. The number of hydrogen-bond acceptors (Lipinski definition) is 2. The van der Waals surface area contributed by atoms with Crippen molar-refractivity contribution in [1.82, 2.24) is 0 Å². The number of rotatable bonds is 3. The molecular formula is C14H11Br2ClO2. The van der Waals surface area contributed by atoms with Crippen molar-refractivity contribution in [1.29, 1.82) is 0 Å². The smallest absolute Gasteiger partial charge is 0.125 e. The van der Waals surface area contributed by atoms with Gasteiger partial charge in [-0.1, -0.05) is 33.6 Å². The number of ether oxygens (including phenoxy) is 1. The van der Waals surface area contributed by atoms with Crippen LogP contribution in [0.1, 0.15) is 17.2 Å². The van der Waals surface area contributed by atoms with Gasteiger partial charge in [0, 0.05) is 14.5 Å². The molecule has 1 atom stereocenters. The summed E-state index contributed by atoms with van der Waals surface area (Å²) in [6, 6.07) is 10.9. The lowest BCUT2D eigenvalue weighted by atomic mass is 10.0. The van der Waals surface area contributed by atoms with Crippen LogP contribution in [0.2, 0.25) is 5.02 Å². The Hall–Kier alpha value is -0.550. The SMILES string of the molecule is COc1ccc(Br)cc1C(O)c1ccc(Br)c(Cl)c1. The van der Waals surface area contributed by atoms with Crippen molar-refractivity contribution in [2.75, 3.05) is 7.11 Å². The molecule has 0 aromatic heterocycles. The Morgan fingerprint density at radius 2 is 1.89 bits per heavy atom. The zero-order valence-electron chi connectivity index (χ0n) is 10.0. The first-order valence-electron chi connectivity index (χ1n) is 5.49. The molecule has 1 N–H and O–H groups in total. The molecule has 2 rings (SSSR count). The molecule has 0 heterocycles. The second-order valence-corrected chi connectivity index (χ2v) is 6.14. The van der Waals surface area contributed by atoms with Crippen LogP contribution in [0.4, 0.5) is 0 Å². The topological polar surface area (TPSA) is 29.5 Å². The molecule has 2 aromatic rings. The summed E-state index contributed by atoms with van der Waals surface area (Å²) in [5, 5.41) is 11.0. The fourth-order valence-electron chi connectivity index (χ4n) is 1.78. The maximum Gasteiger partial charge on any atom is 0.125 e. The van der Waals surface area contributed by atoms with Gasteiger partial charge in [-0.25, -0.2) is 0 Å². The first-order chi connectivity index (χ1) is 9.02. The van der Waals surface area contributed by atoms with Gasteiger partial charge >= 0.3 is 0 Å². The number of methoxy groups -OCH3 is 1. The van der Waals surface area contributed by atoms with Crippen molar-refractivity contribution in [2.24, 2.45) is 0 Å². The van der Waals surface area contributed by atoms with Gasteiger partial charge in [-0.3, -0.25) is 0 Å². The third-order valence-corrected chi connectivity index (χ3v) is 4.47. The Bertz CT molecular complexity index is 602. The minimum Gasteiger partial charge on any atom is -0.496 e. The highest BCUT2D eigenvalue weighted by molar-refractivity contribution is 9.10. The van der Waals surface area contributed by atoms with Crippen molar-refractivity contribution in [3.63, 3.8) is 0 Å². The van der Waals surface area contributed by atoms with Crippen LogP contribution < -0.4 is 4.74 Å². The van der Waals surface area contributed by atoms with E-state index in [-0.39, 0.29) is 0 Å². The van der Waals surface area contributed by atoms with E-state index in [1.54, 1.807) is 13.2 Å². The molecule has 1 unspecified atom stereocenters. The average molecular weight is 407 g/mol. The molecule has 0 aliphatic carbocycles. The molecule has 0 fully saturated rings. The van der Waals surface area contributed by atoms with Crippen molar-refractivity contribution in [3.05, 3.63) is 61.5 Å². The van der Waals surface area contributed by atoms with E-state index >= 15 is 0 Å². The number of benzene rings is 2. The highest BCUT2D eigenvalue weighted by Gasteiger charge is 2.16. The number of aliphatic hydroxyl groups is 1. The summed E-state index contributed by atoms with van der Waals surface area (Å²) in [5.74, 6) is 0.634. The van der Waals surface area contributed by atoms with Crippen LogP contribution in [0.3, 0.4) is 0 Å². The van der Waals surface area contributed by atoms with E-state index in [2.05, 4.69) is 31.9 Å². The van der Waals surface area contributed by atoms with Crippen LogP contribution in [0.25, 0.3) is 0 Å². The summed E-state index contributed by atoms with van der Waals surface area (Å²) in [5.41, 5.74) is 1.40. The molecular weight excluding hydrogens is 395 g/mol. The normalized spacial score (nSPS) is 12.3. The van der Waals surface area contributed by atoms with Gasteiger partial charge in [0.2, 0.25) is 0 Å². The summed E-state index contributed by atoms with van der Waals surface area (Å²) in [4.78, 5) is 0. The zero-order chi connectivity index (χ0) is 14.0. The average Bonchev–Trinajstić information content (AvgIpc) is 2.41. The van der Waals surface area contributed by atoms with Crippen LogP contribution >= 0.6 is 43.5 Å². The minimum absolute atomic E-state index is 0.561. The van der Waals surface area contributed by atoms with E-state index in [1.807, 2.05) is 30.3 Å². The van der Waals surface area contributed by atoms with Gasteiger partial charge in [-0.15, -0.1) is 0 Å². The van der Waals surface area contributed by atoms with Gasteiger partial charge in [0.05, 0.1) is 12.1 Å². The first kappa shape index (κ1) is 14.9. The Labute approximate surface area is 133 Å². The van der Waals surface area contributed by atoms with Gasteiger partial charge in [0.25, 0.3) is 0 Å². The number of halogens is 3. The number of hydrogen-bond donors (Lipinski definition) is 1. The maximum atomic E-state index is 10.5. The second-order valence-electron chi connectivity index (χ2n) is 3.96. The van der Waals surface area contributed by atoms with E-state index in [1.165, 1.54) is 0 Å². The molecule has 0 aliphatic rings. The lowest BCUT2D eigenvalue weighted by molar-refractivity contribution is 0.214. The van der Waals surface area contributed by atoms with Crippen molar-refractivity contribution >= 4 is 43.5 Å². The van der Waals surface area contributed by atoms with Crippen molar-refractivity contribution < 1.29 is 9.84 Å². The molecule has 0 amide bonds. The minimum atomic E-state index is -0.793. The Morgan fingerprint density at radius 3 is 2.53 bits per heavy atom. The zero-order valence-corrected chi connectivity index (χ0v) is 14.0. The first-order valence-corrected chi connectivity index (χ1v) is 7.45. The van der Waals surface area contributed by atoms with E-state index in [4.69, 9.17) is 16.3 Å².